The predicted molar refractivity (Wildman–Crippen MR) is 130 cm³/mol. The Labute approximate surface area is 214 Å². The van der Waals surface area contributed by atoms with Crippen molar-refractivity contribution in [2.75, 3.05) is 23.0 Å². The molecule has 2 aromatic heterocycles. The summed E-state index contributed by atoms with van der Waals surface area (Å²) in [6, 6.07) is 9.80. The number of alkyl halides is 3. The molecule has 7 nitrogen and oxygen atoms in total. The summed E-state index contributed by atoms with van der Waals surface area (Å²) in [5, 5.41) is 8.92. The summed E-state index contributed by atoms with van der Waals surface area (Å²) in [7, 11) is 0. The third-order valence-corrected chi connectivity index (χ3v) is 6.01. The number of nitriles is 1. The van der Waals surface area contributed by atoms with Gasteiger partial charge in [0.2, 0.25) is 5.91 Å². The summed E-state index contributed by atoms with van der Waals surface area (Å²) < 4.78 is 60.6. The van der Waals surface area contributed by atoms with Crippen LogP contribution in [-0.2, 0) is 17.4 Å². The Hall–Kier alpha value is -4.11. The van der Waals surface area contributed by atoms with Gasteiger partial charge in [0.1, 0.15) is 6.07 Å². The monoisotopic (exact) mass is 529 g/mol. The number of ether oxygens (including phenoxy) is 1. The molecule has 1 fully saturated rings. The van der Waals surface area contributed by atoms with Crippen LogP contribution in [0.2, 0.25) is 0 Å². The lowest BCUT2D eigenvalue weighted by Gasteiger charge is -2.30. The molecule has 0 N–H and O–H groups in total. The SMILES string of the molecule is N#Cc1ncc(N2C(=O)CCCN(c3ccc(F)c(OCCc4ccncc4)c3)C2=S)cc1C(F)(F)F. The average molecular weight is 530 g/mol. The van der Waals surface area contributed by atoms with Gasteiger partial charge in [-0.25, -0.2) is 9.37 Å². The highest BCUT2D eigenvalue weighted by molar-refractivity contribution is 7.81. The number of amides is 1. The molecule has 0 unspecified atom stereocenters. The molecule has 0 saturated carbocycles. The first-order chi connectivity index (χ1) is 17.7. The number of hydrogen-bond donors (Lipinski definition) is 0. The highest BCUT2D eigenvalue weighted by atomic mass is 32.1. The number of hydrogen-bond acceptors (Lipinski definition) is 6. The van der Waals surface area contributed by atoms with Crippen molar-refractivity contribution < 1.29 is 27.1 Å². The number of aromatic nitrogens is 2. The summed E-state index contributed by atoms with van der Waals surface area (Å²) >= 11 is 5.52. The standard InChI is InChI=1S/C25H19F4N5O2S/c26-20-4-3-17(13-22(20)36-11-7-16-5-8-31-9-6-16)33-10-1-2-23(35)34(24(33)37)18-12-19(25(27,28)29)21(14-30)32-15-18/h3-6,8-9,12-13,15H,1-2,7,10-11H2. The fraction of sp³-hybridized carbons (Fsp3) is 0.240. The van der Waals surface area contributed by atoms with E-state index in [2.05, 4.69) is 9.97 Å². The Bertz CT molecular complexity index is 1360. The maximum Gasteiger partial charge on any atom is 0.419 e. The minimum absolute atomic E-state index is 0.00841. The highest BCUT2D eigenvalue weighted by Crippen LogP contribution is 2.35. The van der Waals surface area contributed by atoms with Gasteiger partial charge in [0.15, 0.2) is 22.4 Å². The molecule has 0 bridgehead atoms. The maximum atomic E-state index is 14.5. The number of anilines is 2. The van der Waals surface area contributed by atoms with Crippen molar-refractivity contribution >= 4 is 34.6 Å². The molecule has 190 valence electrons. The zero-order valence-corrected chi connectivity index (χ0v) is 20.0. The quantitative estimate of drug-likeness (QED) is 0.327. The smallest absolute Gasteiger partial charge is 0.419 e. The van der Waals surface area contributed by atoms with E-state index in [4.69, 9.17) is 22.2 Å². The molecule has 0 spiro atoms. The van der Waals surface area contributed by atoms with Crippen LogP contribution in [0.1, 0.15) is 29.7 Å². The summed E-state index contributed by atoms with van der Waals surface area (Å²) in [6.45, 7) is 0.454. The van der Waals surface area contributed by atoms with Crippen LogP contribution < -0.4 is 14.5 Å². The Kier molecular flexibility index (Phi) is 7.63. The molecule has 1 saturated heterocycles. The Morgan fingerprint density at radius 2 is 1.89 bits per heavy atom. The molecule has 4 rings (SSSR count). The van der Waals surface area contributed by atoms with E-state index in [-0.39, 0.29) is 36.1 Å². The lowest BCUT2D eigenvalue weighted by Crippen LogP contribution is -2.44. The zero-order valence-electron chi connectivity index (χ0n) is 19.2. The van der Waals surface area contributed by atoms with Crippen LogP contribution in [-0.4, -0.2) is 34.1 Å². The number of carbonyl (C=O) groups excluding carboxylic acids is 1. The second-order valence-corrected chi connectivity index (χ2v) is 8.40. The van der Waals surface area contributed by atoms with Gasteiger partial charge >= 0.3 is 6.18 Å². The second kappa shape index (κ2) is 10.9. The van der Waals surface area contributed by atoms with Crippen LogP contribution in [0.3, 0.4) is 0 Å². The van der Waals surface area contributed by atoms with Crippen molar-refractivity contribution in [3.63, 3.8) is 0 Å². The topological polar surface area (TPSA) is 82.4 Å². The Morgan fingerprint density at radius 3 is 2.59 bits per heavy atom. The molecule has 37 heavy (non-hydrogen) atoms. The van der Waals surface area contributed by atoms with E-state index in [1.165, 1.54) is 29.2 Å². The molecule has 1 aliphatic heterocycles. The van der Waals surface area contributed by atoms with Crippen LogP contribution in [0.4, 0.5) is 28.9 Å². The number of thiocarbonyl (C=S) groups is 1. The lowest BCUT2D eigenvalue weighted by molar-refractivity contribution is -0.138. The van der Waals surface area contributed by atoms with E-state index in [1.807, 2.05) is 12.1 Å². The summed E-state index contributed by atoms with van der Waals surface area (Å²) in [5.74, 6) is -1.16. The summed E-state index contributed by atoms with van der Waals surface area (Å²) in [4.78, 5) is 22.9. The van der Waals surface area contributed by atoms with E-state index >= 15 is 0 Å². The van der Waals surface area contributed by atoms with Crippen molar-refractivity contribution in [1.29, 1.82) is 5.26 Å². The molecule has 0 radical (unpaired) electrons. The molecule has 12 heteroatoms. The summed E-state index contributed by atoms with van der Waals surface area (Å²) in [6.07, 6.45) is 0.304. The van der Waals surface area contributed by atoms with Gasteiger partial charge in [0.05, 0.1) is 24.1 Å². The van der Waals surface area contributed by atoms with Crippen molar-refractivity contribution in [2.24, 2.45) is 0 Å². The van der Waals surface area contributed by atoms with E-state index < -0.39 is 29.2 Å². The van der Waals surface area contributed by atoms with Gasteiger partial charge in [0.25, 0.3) is 0 Å². The lowest BCUT2D eigenvalue weighted by atomic mass is 10.1. The summed E-state index contributed by atoms with van der Waals surface area (Å²) in [5.41, 5.74) is -0.936. The number of benzene rings is 1. The van der Waals surface area contributed by atoms with Gasteiger partial charge in [-0.05, 0) is 54.5 Å². The molecule has 0 atom stereocenters. The van der Waals surface area contributed by atoms with E-state index in [9.17, 15) is 22.4 Å². The van der Waals surface area contributed by atoms with E-state index in [0.717, 1.165) is 16.7 Å². The van der Waals surface area contributed by atoms with Crippen molar-refractivity contribution in [2.45, 2.75) is 25.4 Å². The largest absolute Gasteiger partial charge is 0.490 e. The van der Waals surface area contributed by atoms with Crippen LogP contribution >= 0.6 is 12.2 Å². The van der Waals surface area contributed by atoms with Crippen LogP contribution in [0, 0.1) is 17.1 Å². The Balaban J connectivity index is 1.61. The van der Waals surface area contributed by atoms with Crippen molar-refractivity contribution in [1.82, 2.24) is 9.97 Å². The van der Waals surface area contributed by atoms with Gasteiger partial charge in [-0.1, -0.05) is 0 Å². The third-order valence-electron chi connectivity index (χ3n) is 5.61. The predicted octanol–water partition coefficient (Wildman–Crippen LogP) is 5.05. The Morgan fingerprint density at radius 1 is 1.14 bits per heavy atom. The van der Waals surface area contributed by atoms with Gasteiger partial charge < -0.3 is 9.64 Å². The average Bonchev–Trinajstić information content (AvgIpc) is 3.02. The first-order valence-corrected chi connectivity index (χ1v) is 11.5. The molecular formula is C25H19F4N5O2S. The van der Waals surface area contributed by atoms with Crippen molar-refractivity contribution in [3.8, 4) is 11.8 Å². The van der Waals surface area contributed by atoms with E-state index in [1.54, 1.807) is 12.4 Å². The maximum absolute atomic E-state index is 14.5. The molecule has 1 amide bonds. The van der Waals surface area contributed by atoms with Gasteiger partial charge in [-0.3, -0.25) is 14.7 Å². The van der Waals surface area contributed by atoms with Crippen molar-refractivity contribution in [3.05, 3.63) is 77.6 Å². The van der Waals surface area contributed by atoms with Gasteiger partial charge in [0, 0.05) is 43.5 Å². The molecule has 1 aliphatic rings. The number of halogens is 4. The van der Waals surface area contributed by atoms with Gasteiger partial charge in [-0.15, -0.1) is 0 Å². The first kappa shape index (κ1) is 26.0. The van der Waals surface area contributed by atoms with Crippen LogP contribution in [0.5, 0.6) is 5.75 Å². The first-order valence-electron chi connectivity index (χ1n) is 11.1. The minimum Gasteiger partial charge on any atom is -0.490 e. The number of rotatable bonds is 6. The normalized spacial score (nSPS) is 14.4. The molecule has 3 heterocycles. The minimum atomic E-state index is -4.86. The van der Waals surface area contributed by atoms with E-state index in [0.29, 0.717) is 24.6 Å². The number of nitrogens with zero attached hydrogens (tertiary/aromatic N) is 5. The number of carbonyl (C=O) groups is 1. The van der Waals surface area contributed by atoms with Crippen LogP contribution in [0.15, 0.2) is 55.0 Å². The van der Waals surface area contributed by atoms with Crippen LogP contribution in [0.25, 0.3) is 0 Å². The number of pyridine rings is 2. The molecule has 3 aromatic rings. The molecule has 1 aromatic carbocycles. The van der Waals surface area contributed by atoms with Gasteiger partial charge in [-0.2, -0.15) is 18.4 Å². The third kappa shape index (κ3) is 5.83. The zero-order chi connectivity index (χ0) is 26.6. The highest BCUT2D eigenvalue weighted by Gasteiger charge is 2.37. The molecule has 0 aliphatic carbocycles. The fourth-order valence-electron chi connectivity index (χ4n) is 3.80. The molecular weight excluding hydrogens is 510 g/mol. The fourth-order valence-corrected chi connectivity index (χ4v) is 4.20. The second-order valence-electron chi connectivity index (χ2n) is 8.03.